The third-order valence-corrected chi connectivity index (χ3v) is 6.08. The van der Waals surface area contributed by atoms with E-state index in [1.54, 1.807) is 7.05 Å². The first-order valence-corrected chi connectivity index (χ1v) is 11.4. The molecule has 0 aromatic heterocycles. The summed E-state index contributed by atoms with van der Waals surface area (Å²) < 4.78 is 11.1. The van der Waals surface area contributed by atoms with Gasteiger partial charge in [0.25, 0.3) is 0 Å². The average Bonchev–Trinajstić information content (AvgIpc) is 3.27. The zero-order chi connectivity index (χ0) is 21.2. The Labute approximate surface area is 185 Å². The summed E-state index contributed by atoms with van der Waals surface area (Å²) in [5, 5.41) is 7.56. The average molecular weight is 438 g/mol. The zero-order valence-corrected chi connectivity index (χ0v) is 19.1. The number of guanidine groups is 1. The van der Waals surface area contributed by atoms with Crippen molar-refractivity contribution in [3.63, 3.8) is 0 Å². The van der Waals surface area contributed by atoms with Crippen LogP contribution in [-0.4, -0.2) is 84.1 Å². The molecule has 30 heavy (non-hydrogen) atoms. The topological polar surface area (TPSA) is 61.4 Å². The molecule has 0 bridgehead atoms. The Kier molecular flexibility index (Phi) is 9.52. The molecule has 1 unspecified atom stereocenters. The largest absolute Gasteiger partial charge is 0.381 e. The summed E-state index contributed by atoms with van der Waals surface area (Å²) in [6.45, 7) is 8.89. The number of nitrogens with one attached hydrogen (secondary N) is 2. The summed E-state index contributed by atoms with van der Waals surface area (Å²) in [6.07, 6.45) is 2.06. The Morgan fingerprint density at radius 1 is 1.27 bits per heavy atom. The fourth-order valence-electron chi connectivity index (χ4n) is 3.80. The predicted octanol–water partition coefficient (Wildman–Crippen LogP) is 2.20. The lowest BCUT2D eigenvalue weighted by Gasteiger charge is -2.35. The van der Waals surface area contributed by atoms with Gasteiger partial charge in [0.05, 0.1) is 13.2 Å². The lowest BCUT2D eigenvalue weighted by atomic mass is 10.1. The highest BCUT2D eigenvalue weighted by atomic mass is 35.5. The molecule has 7 nitrogen and oxygen atoms in total. The van der Waals surface area contributed by atoms with E-state index in [-0.39, 0.29) is 0 Å². The molecule has 0 radical (unpaired) electrons. The predicted molar refractivity (Wildman–Crippen MR) is 124 cm³/mol. The molecule has 2 N–H and O–H groups in total. The summed E-state index contributed by atoms with van der Waals surface area (Å²) in [7, 11) is 3.96. The molecule has 2 fully saturated rings. The van der Waals surface area contributed by atoms with Gasteiger partial charge in [0, 0.05) is 81.7 Å². The van der Waals surface area contributed by atoms with Gasteiger partial charge < -0.3 is 29.9 Å². The molecule has 0 saturated carbocycles. The number of piperazine rings is 1. The van der Waals surface area contributed by atoms with Crippen molar-refractivity contribution in [2.45, 2.75) is 19.4 Å². The second-order valence-electron chi connectivity index (χ2n) is 8.04. The van der Waals surface area contributed by atoms with Crippen molar-refractivity contribution in [3.8, 4) is 0 Å². The van der Waals surface area contributed by atoms with Crippen LogP contribution in [0, 0.1) is 5.92 Å². The van der Waals surface area contributed by atoms with Gasteiger partial charge in [-0.25, -0.2) is 0 Å². The van der Waals surface area contributed by atoms with Gasteiger partial charge in [0.1, 0.15) is 0 Å². The summed E-state index contributed by atoms with van der Waals surface area (Å²) in [6, 6.07) is 6.16. The van der Waals surface area contributed by atoms with Gasteiger partial charge in [-0.05, 0) is 32.0 Å². The number of rotatable bonds is 9. The molecule has 0 amide bonds. The molecule has 1 aromatic rings. The minimum atomic E-state index is 0.567. The van der Waals surface area contributed by atoms with Crippen LogP contribution in [0.1, 0.15) is 18.4 Å². The van der Waals surface area contributed by atoms with E-state index in [0.29, 0.717) is 12.5 Å². The minimum Gasteiger partial charge on any atom is -0.381 e. The van der Waals surface area contributed by atoms with Crippen molar-refractivity contribution >= 4 is 23.2 Å². The second kappa shape index (κ2) is 12.3. The monoisotopic (exact) mass is 437 g/mol. The number of anilines is 1. The minimum absolute atomic E-state index is 0.567. The molecule has 168 valence electrons. The number of ether oxygens (including phenoxy) is 2. The van der Waals surface area contributed by atoms with E-state index in [2.05, 4.69) is 38.5 Å². The van der Waals surface area contributed by atoms with Crippen molar-refractivity contribution < 1.29 is 9.47 Å². The van der Waals surface area contributed by atoms with E-state index in [4.69, 9.17) is 21.1 Å². The molecule has 0 aliphatic carbocycles. The van der Waals surface area contributed by atoms with E-state index >= 15 is 0 Å². The van der Waals surface area contributed by atoms with Gasteiger partial charge in [0.2, 0.25) is 0 Å². The third kappa shape index (κ3) is 7.01. The summed E-state index contributed by atoms with van der Waals surface area (Å²) >= 11 is 6.56. The standard InChI is InChI=1S/C22H36ClN5O2/c1-24-22(25-8-4-13-29-16-18-7-14-30-17-18)26-15-19-20(23)5-3-6-21(19)28-11-9-27(2)10-12-28/h3,5-6,18H,4,7-17H2,1-2H3,(H2,24,25,26). The molecular formula is C22H36ClN5O2. The molecule has 2 aliphatic rings. The molecule has 3 rings (SSSR count). The van der Waals surface area contributed by atoms with Gasteiger partial charge in [-0.1, -0.05) is 17.7 Å². The molecule has 2 saturated heterocycles. The van der Waals surface area contributed by atoms with Crippen LogP contribution in [0.15, 0.2) is 23.2 Å². The molecule has 0 spiro atoms. The Bertz CT molecular complexity index is 673. The van der Waals surface area contributed by atoms with E-state index in [0.717, 1.165) is 88.5 Å². The molecule has 2 heterocycles. The third-order valence-electron chi connectivity index (χ3n) is 5.73. The number of hydrogen-bond acceptors (Lipinski definition) is 5. The maximum atomic E-state index is 6.56. The number of benzene rings is 1. The zero-order valence-electron chi connectivity index (χ0n) is 18.3. The lowest BCUT2D eigenvalue weighted by Crippen LogP contribution is -2.45. The van der Waals surface area contributed by atoms with Crippen LogP contribution in [0.5, 0.6) is 0 Å². The van der Waals surface area contributed by atoms with Crippen molar-refractivity contribution in [1.82, 2.24) is 15.5 Å². The van der Waals surface area contributed by atoms with Crippen LogP contribution >= 0.6 is 11.6 Å². The van der Waals surface area contributed by atoms with Crippen LogP contribution in [0.25, 0.3) is 0 Å². The molecule has 8 heteroatoms. The van der Waals surface area contributed by atoms with Gasteiger partial charge in [-0.15, -0.1) is 0 Å². The van der Waals surface area contributed by atoms with Crippen molar-refractivity contribution in [1.29, 1.82) is 0 Å². The van der Waals surface area contributed by atoms with Crippen LogP contribution < -0.4 is 15.5 Å². The fraction of sp³-hybridized carbons (Fsp3) is 0.682. The number of halogens is 1. The van der Waals surface area contributed by atoms with Gasteiger partial charge in [0.15, 0.2) is 5.96 Å². The Balaban J connectivity index is 1.42. The van der Waals surface area contributed by atoms with E-state index < -0.39 is 0 Å². The number of hydrogen-bond donors (Lipinski definition) is 2. The summed E-state index contributed by atoms with van der Waals surface area (Å²) in [4.78, 5) is 9.12. The fourth-order valence-corrected chi connectivity index (χ4v) is 4.04. The first-order valence-electron chi connectivity index (χ1n) is 11.0. The normalized spacial score (nSPS) is 20.6. The van der Waals surface area contributed by atoms with E-state index in [1.807, 2.05) is 12.1 Å². The summed E-state index contributed by atoms with van der Waals surface area (Å²) in [5.74, 6) is 1.35. The maximum Gasteiger partial charge on any atom is 0.191 e. The number of likely N-dealkylation sites (N-methyl/N-ethyl adjacent to an activating group) is 1. The number of aliphatic imine (C=N–C) groups is 1. The second-order valence-corrected chi connectivity index (χ2v) is 8.45. The maximum absolute atomic E-state index is 6.56. The van der Waals surface area contributed by atoms with Crippen LogP contribution in [0.4, 0.5) is 5.69 Å². The van der Waals surface area contributed by atoms with Crippen LogP contribution in [-0.2, 0) is 16.0 Å². The van der Waals surface area contributed by atoms with Gasteiger partial charge in [-0.3, -0.25) is 4.99 Å². The molecule has 1 aromatic carbocycles. The molecule has 2 aliphatic heterocycles. The van der Waals surface area contributed by atoms with E-state index in [1.165, 1.54) is 5.69 Å². The Hall–Kier alpha value is -1.54. The first-order chi connectivity index (χ1) is 14.7. The highest BCUT2D eigenvalue weighted by molar-refractivity contribution is 6.31. The first kappa shape index (κ1) is 23.1. The summed E-state index contributed by atoms with van der Waals surface area (Å²) in [5.41, 5.74) is 2.33. The highest BCUT2D eigenvalue weighted by Gasteiger charge is 2.18. The SMILES string of the molecule is CN=C(NCCCOCC1CCOC1)NCc1c(Cl)cccc1N1CCN(C)CC1. The quantitative estimate of drug-likeness (QED) is 0.351. The van der Waals surface area contributed by atoms with Crippen molar-refractivity contribution in [2.24, 2.45) is 10.9 Å². The molecule has 1 atom stereocenters. The van der Waals surface area contributed by atoms with Crippen molar-refractivity contribution in [2.75, 3.05) is 78.1 Å². The smallest absolute Gasteiger partial charge is 0.191 e. The van der Waals surface area contributed by atoms with E-state index in [9.17, 15) is 0 Å². The Morgan fingerprint density at radius 2 is 2.10 bits per heavy atom. The number of nitrogens with zero attached hydrogens (tertiary/aromatic N) is 3. The van der Waals surface area contributed by atoms with Crippen LogP contribution in [0.3, 0.4) is 0 Å². The van der Waals surface area contributed by atoms with Gasteiger partial charge >= 0.3 is 0 Å². The van der Waals surface area contributed by atoms with Crippen molar-refractivity contribution in [3.05, 3.63) is 28.8 Å². The highest BCUT2D eigenvalue weighted by Crippen LogP contribution is 2.28. The van der Waals surface area contributed by atoms with Crippen LogP contribution in [0.2, 0.25) is 5.02 Å². The Morgan fingerprint density at radius 3 is 2.83 bits per heavy atom. The molecular weight excluding hydrogens is 402 g/mol. The van der Waals surface area contributed by atoms with Gasteiger partial charge in [-0.2, -0.15) is 0 Å². The lowest BCUT2D eigenvalue weighted by molar-refractivity contribution is 0.0888.